The lowest BCUT2D eigenvalue weighted by molar-refractivity contribution is 0.104. The number of hydrogen-bond donors (Lipinski definition) is 1. The molecule has 1 aromatic carbocycles. The molecule has 2 nitrogen and oxygen atoms in total. The zero-order valence-corrected chi connectivity index (χ0v) is 9.45. The van der Waals surface area contributed by atoms with Crippen molar-refractivity contribution in [3.63, 3.8) is 0 Å². The Morgan fingerprint density at radius 3 is 2.40 bits per heavy atom. The SMILES string of the molecule is C/C(=C/C(=O)c1ccccc1)NC(C)C. The van der Waals surface area contributed by atoms with Crippen molar-refractivity contribution in [3.05, 3.63) is 47.7 Å². The van der Waals surface area contributed by atoms with Gasteiger partial charge in [0, 0.05) is 23.4 Å². The largest absolute Gasteiger partial charge is 0.386 e. The number of carbonyl (C=O) groups excluding carboxylic acids is 1. The van der Waals surface area contributed by atoms with Crippen LogP contribution in [0.2, 0.25) is 0 Å². The van der Waals surface area contributed by atoms with Gasteiger partial charge >= 0.3 is 0 Å². The van der Waals surface area contributed by atoms with Crippen LogP contribution < -0.4 is 5.32 Å². The Morgan fingerprint density at radius 2 is 1.87 bits per heavy atom. The number of rotatable bonds is 4. The van der Waals surface area contributed by atoms with E-state index < -0.39 is 0 Å². The van der Waals surface area contributed by atoms with Crippen LogP contribution in [-0.2, 0) is 0 Å². The molecule has 1 rings (SSSR count). The van der Waals surface area contributed by atoms with E-state index in [4.69, 9.17) is 0 Å². The highest BCUT2D eigenvalue weighted by Crippen LogP contribution is 2.02. The van der Waals surface area contributed by atoms with Gasteiger partial charge in [0.25, 0.3) is 0 Å². The summed E-state index contributed by atoms with van der Waals surface area (Å²) in [7, 11) is 0. The van der Waals surface area contributed by atoms with Gasteiger partial charge in [-0.25, -0.2) is 0 Å². The van der Waals surface area contributed by atoms with E-state index in [0.717, 1.165) is 11.3 Å². The van der Waals surface area contributed by atoms with E-state index in [1.54, 1.807) is 6.08 Å². The zero-order valence-electron chi connectivity index (χ0n) is 9.45. The molecule has 80 valence electrons. The van der Waals surface area contributed by atoms with E-state index in [1.807, 2.05) is 51.1 Å². The first-order chi connectivity index (χ1) is 7.09. The van der Waals surface area contributed by atoms with Gasteiger partial charge in [0.1, 0.15) is 0 Å². The van der Waals surface area contributed by atoms with Crippen molar-refractivity contribution >= 4 is 5.78 Å². The molecule has 0 bridgehead atoms. The molecule has 0 amide bonds. The summed E-state index contributed by atoms with van der Waals surface area (Å²) in [6.45, 7) is 6.00. The predicted molar refractivity (Wildman–Crippen MR) is 62.8 cm³/mol. The van der Waals surface area contributed by atoms with E-state index in [2.05, 4.69) is 5.32 Å². The number of hydrogen-bond acceptors (Lipinski definition) is 2. The fourth-order valence-corrected chi connectivity index (χ4v) is 1.38. The fraction of sp³-hybridized carbons (Fsp3) is 0.308. The van der Waals surface area contributed by atoms with Gasteiger partial charge in [-0.15, -0.1) is 0 Å². The highest BCUT2D eigenvalue weighted by molar-refractivity contribution is 6.04. The van der Waals surface area contributed by atoms with Gasteiger partial charge in [-0.3, -0.25) is 4.79 Å². The maximum absolute atomic E-state index is 11.7. The van der Waals surface area contributed by atoms with Crippen molar-refractivity contribution in [2.24, 2.45) is 0 Å². The van der Waals surface area contributed by atoms with Crippen molar-refractivity contribution in [2.45, 2.75) is 26.8 Å². The van der Waals surface area contributed by atoms with Crippen LogP contribution >= 0.6 is 0 Å². The predicted octanol–water partition coefficient (Wildman–Crippen LogP) is 2.77. The van der Waals surface area contributed by atoms with Crippen molar-refractivity contribution in [1.82, 2.24) is 5.32 Å². The van der Waals surface area contributed by atoms with E-state index in [-0.39, 0.29) is 5.78 Å². The minimum Gasteiger partial charge on any atom is -0.386 e. The van der Waals surface area contributed by atoms with Crippen LogP contribution in [0, 0.1) is 0 Å². The van der Waals surface area contributed by atoms with E-state index in [9.17, 15) is 4.79 Å². The summed E-state index contributed by atoms with van der Waals surface area (Å²) in [5.41, 5.74) is 1.63. The molecule has 0 saturated heterocycles. The second-order valence-corrected chi connectivity index (χ2v) is 3.86. The number of ketones is 1. The summed E-state index contributed by atoms with van der Waals surface area (Å²) in [6, 6.07) is 9.63. The molecule has 0 unspecified atom stereocenters. The molecular weight excluding hydrogens is 186 g/mol. The van der Waals surface area contributed by atoms with E-state index in [1.165, 1.54) is 0 Å². The third kappa shape index (κ3) is 3.98. The summed E-state index contributed by atoms with van der Waals surface area (Å²) in [5.74, 6) is 0.0428. The Labute approximate surface area is 91.0 Å². The van der Waals surface area contributed by atoms with Crippen LogP contribution in [0.15, 0.2) is 42.1 Å². The van der Waals surface area contributed by atoms with Crippen molar-refractivity contribution in [3.8, 4) is 0 Å². The number of carbonyl (C=O) groups is 1. The number of allylic oxidation sites excluding steroid dienone is 2. The second kappa shape index (κ2) is 5.35. The molecule has 0 radical (unpaired) electrons. The van der Waals surface area contributed by atoms with Gasteiger partial charge in [-0.2, -0.15) is 0 Å². The average Bonchev–Trinajstić information content (AvgIpc) is 2.17. The fourth-order valence-electron chi connectivity index (χ4n) is 1.38. The van der Waals surface area contributed by atoms with Gasteiger partial charge in [0.15, 0.2) is 5.78 Å². The maximum atomic E-state index is 11.7. The average molecular weight is 203 g/mol. The minimum absolute atomic E-state index is 0.0428. The van der Waals surface area contributed by atoms with Crippen LogP contribution in [0.25, 0.3) is 0 Å². The van der Waals surface area contributed by atoms with Gasteiger partial charge in [-0.1, -0.05) is 30.3 Å². The smallest absolute Gasteiger partial charge is 0.187 e. The van der Waals surface area contributed by atoms with Crippen molar-refractivity contribution in [1.29, 1.82) is 0 Å². The molecule has 0 aliphatic rings. The Morgan fingerprint density at radius 1 is 1.27 bits per heavy atom. The molecule has 0 fully saturated rings. The molecule has 0 atom stereocenters. The second-order valence-electron chi connectivity index (χ2n) is 3.86. The maximum Gasteiger partial charge on any atom is 0.187 e. The Kier molecular flexibility index (Phi) is 4.10. The first-order valence-electron chi connectivity index (χ1n) is 5.14. The van der Waals surface area contributed by atoms with Crippen LogP contribution in [0.1, 0.15) is 31.1 Å². The summed E-state index contributed by atoms with van der Waals surface area (Å²) in [6.07, 6.45) is 1.63. The third-order valence-corrected chi connectivity index (χ3v) is 1.92. The molecule has 0 aliphatic heterocycles. The van der Waals surface area contributed by atoms with Gasteiger partial charge in [0.05, 0.1) is 0 Å². The molecule has 2 heteroatoms. The quantitative estimate of drug-likeness (QED) is 0.602. The third-order valence-electron chi connectivity index (χ3n) is 1.92. The van der Waals surface area contributed by atoms with Crippen LogP contribution in [0.4, 0.5) is 0 Å². The molecule has 0 spiro atoms. The highest BCUT2D eigenvalue weighted by atomic mass is 16.1. The Hall–Kier alpha value is -1.57. The Bertz CT molecular complexity index is 352. The van der Waals surface area contributed by atoms with Gasteiger partial charge < -0.3 is 5.32 Å². The molecule has 0 heterocycles. The van der Waals surface area contributed by atoms with Crippen molar-refractivity contribution < 1.29 is 4.79 Å². The molecule has 0 aromatic heterocycles. The molecule has 15 heavy (non-hydrogen) atoms. The normalized spacial score (nSPS) is 11.6. The lowest BCUT2D eigenvalue weighted by Gasteiger charge is -2.09. The molecule has 1 N–H and O–H groups in total. The lowest BCUT2D eigenvalue weighted by Crippen LogP contribution is -2.21. The monoisotopic (exact) mass is 203 g/mol. The first kappa shape index (κ1) is 11.5. The summed E-state index contributed by atoms with van der Waals surface area (Å²) in [4.78, 5) is 11.7. The van der Waals surface area contributed by atoms with E-state index >= 15 is 0 Å². The first-order valence-corrected chi connectivity index (χ1v) is 5.14. The molecule has 1 aromatic rings. The van der Waals surface area contributed by atoms with Crippen LogP contribution in [0.5, 0.6) is 0 Å². The summed E-state index contributed by atoms with van der Waals surface area (Å²) < 4.78 is 0. The topological polar surface area (TPSA) is 29.1 Å². The van der Waals surface area contributed by atoms with E-state index in [0.29, 0.717) is 6.04 Å². The lowest BCUT2D eigenvalue weighted by atomic mass is 10.1. The minimum atomic E-state index is 0.0428. The highest BCUT2D eigenvalue weighted by Gasteiger charge is 2.02. The van der Waals surface area contributed by atoms with Crippen LogP contribution in [-0.4, -0.2) is 11.8 Å². The standard InChI is InChI=1S/C13H17NO/c1-10(2)14-11(3)9-13(15)12-7-5-4-6-8-12/h4-10,14H,1-3H3/b11-9-. The molecule has 0 aliphatic carbocycles. The molecular formula is C13H17NO. The van der Waals surface area contributed by atoms with Crippen LogP contribution in [0.3, 0.4) is 0 Å². The van der Waals surface area contributed by atoms with Crippen molar-refractivity contribution in [2.75, 3.05) is 0 Å². The molecule has 0 saturated carbocycles. The van der Waals surface area contributed by atoms with Gasteiger partial charge in [0.2, 0.25) is 0 Å². The summed E-state index contributed by atoms with van der Waals surface area (Å²) in [5, 5.41) is 3.18. The number of nitrogens with one attached hydrogen (secondary N) is 1. The zero-order chi connectivity index (χ0) is 11.3. The number of benzene rings is 1. The van der Waals surface area contributed by atoms with Gasteiger partial charge in [-0.05, 0) is 20.8 Å². The Balaban J connectivity index is 2.71. The summed E-state index contributed by atoms with van der Waals surface area (Å²) >= 11 is 0.